The number of esters is 2. The van der Waals surface area contributed by atoms with Crippen LogP contribution < -0.4 is 0 Å². The van der Waals surface area contributed by atoms with Gasteiger partial charge in [-0.05, 0) is 6.92 Å². The van der Waals surface area contributed by atoms with Crippen molar-refractivity contribution in [1.29, 1.82) is 0 Å². The molecule has 0 heterocycles. The van der Waals surface area contributed by atoms with Gasteiger partial charge in [-0.1, -0.05) is 13.2 Å². The largest absolute Gasteiger partial charge is 0.474 e. The Kier molecular flexibility index (Phi) is 13.3. The molecule has 0 aromatic rings. The van der Waals surface area contributed by atoms with Crippen LogP contribution in [0, 0.1) is 0 Å². The van der Waals surface area contributed by atoms with Crippen molar-refractivity contribution >= 4 is 11.9 Å². The Balaban J connectivity index is 0. The Labute approximate surface area is 95.0 Å². The second kappa shape index (κ2) is 13.0. The van der Waals surface area contributed by atoms with Gasteiger partial charge in [-0.3, -0.25) is 0 Å². The topological polar surface area (TPSA) is 61.8 Å². The van der Waals surface area contributed by atoms with Gasteiger partial charge in [0.25, 0.3) is 0 Å². The Bertz CT molecular complexity index is 249. The van der Waals surface area contributed by atoms with Gasteiger partial charge >= 0.3 is 11.9 Å². The van der Waals surface area contributed by atoms with E-state index in [2.05, 4.69) is 27.4 Å². The maximum absolute atomic E-state index is 10.5. The molecule has 0 aliphatic carbocycles. The molecule has 0 spiro atoms. The zero-order valence-electron chi connectivity index (χ0n) is 9.47. The van der Waals surface area contributed by atoms with Gasteiger partial charge in [0.1, 0.15) is 0 Å². The minimum absolute atomic E-state index is 0.296. The maximum atomic E-state index is 10.5. The van der Waals surface area contributed by atoms with Crippen molar-refractivity contribution < 1.29 is 23.8 Å². The van der Waals surface area contributed by atoms with E-state index in [0.29, 0.717) is 6.61 Å². The van der Waals surface area contributed by atoms with E-state index in [9.17, 15) is 9.59 Å². The molecule has 0 saturated carbocycles. The van der Waals surface area contributed by atoms with Crippen LogP contribution in [0.2, 0.25) is 0 Å². The van der Waals surface area contributed by atoms with Gasteiger partial charge in [-0.2, -0.15) is 0 Å². The van der Waals surface area contributed by atoms with Crippen molar-refractivity contribution in [3.8, 4) is 0 Å². The molecule has 0 aromatic heterocycles. The molecule has 0 rings (SSSR count). The second-order valence-corrected chi connectivity index (χ2v) is 2.08. The summed E-state index contributed by atoms with van der Waals surface area (Å²) in [6.45, 7) is 8.49. The summed E-state index contributed by atoms with van der Waals surface area (Å²) in [5.41, 5.74) is 0. The van der Waals surface area contributed by atoms with Crippen LogP contribution in [0.3, 0.4) is 0 Å². The first kappa shape index (κ1) is 16.4. The molecule has 0 saturated heterocycles. The quantitative estimate of drug-likeness (QED) is 0.406. The predicted molar refractivity (Wildman–Crippen MR) is 59.3 cm³/mol. The normalized spacial score (nSPS) is 8.38. The summed E-state index contributed by atoms with van der Waals surface area (Å²) in [5, 5.41) is 0. The van der Waals surface area contributed by atoms with Gasteiger partial charge in [-0.15, -0.1) is 0 Å². The molecule has 0 N–H and O–H groups in total. The summed E-state index contributed by atoms with van der Waals surface area (Å²) >= 11 is 0. The number of hydrogen-bond donors (Lipinski definition) is 0. The first-order valence-corrected chi connectivity index (χ1v) is 4.42. The van der Waals surface area contributed by atoms with E-state index < -0.39 is 11.9 Å². The fourth-order valence-corrected chi connectivity index (χ4v) is 0.463. The fourth-order valence-electron chi connectivity index (χ4n) is 0.463. The molecule has 0 radical (unpaired) electrons. The molecule has 0 amide bonds. The zero-order valence-corrected chi connectivity index (χ0v) is 9.47. The van der Waals surface area contributed by atoms with Crippen LogP contribution in [-0.2, 0) is 23.8 Å². The minimum Gasteiger partial charge on any atom is -0.474 e. The molecular formula is C11H16O5. The molecule has 0 aromatic carbocycles. The third-order valence-corrected chi connectivity index (χ3v) is 1.04. The minimum atomic E-state index is -0.571. The highest BCUT2D eigenvalue weighted by molar-refractivity contribution is 5.91. The summed E-state index contributed by atoms with van der Waals surface area (Å²) in [6.07, 6.45) is 4.66. The molecule has 0 atom stereocenters. The second-order valence-electron chi connectivity index (χ2n) is 2.08. The molecule has 90 valence electrons. The highest BCUT2D eigenvalue weighted by Gasteiger charge is 1.96. The number of carbonyl (C=O) groups is 2. The van der Waals surface area contributed by atoms with Gasteiger partial charge in [0.2, 0.25) is 0 Å². The van der Waals surface area contributed by atoms with E-state index >= 15 is 0 Å². The predicted octanol–water partition coefficient (Wildman–Crippen LogP) is 1.57. The number of hydrogen-bond acceptors (Lipinski definition) is 5. The molecule has 5 nitrogen and oxygen atoms in total. The lowest BCUT2D eigenvalue weighted by Gasteiger charge is -1.93. The van der Waals surface area contributed by atoms with E-state index in [-0.39, 0.29) is 0 Å². The molecule has 0 aliphatic heterocycles. The number of ether oxygens (including phenoxy) is 3. The Morgan fingerprint density at radius 3 is 1.94 bits per heavy atom. The number of methoxy groups -OCH3 is 1. The average Bonchev–Trinajstić information content (AvgIpc) is 2.28. The van der Waals surface area contributed by atoms with Crippen molar-refractivity contribution in [3.63, 3.8) is 0 Å². The molecule has 0 fully saturated rings. The number of rotatable bonds is 5. The van der Waals surface area contributed by atoms with Crippen LogP contribution in [0.4, 0.5) is 0 Å². The lowest BCUT2D eigenvalue weighted by Crippen LogP contribution is -2.01. The summed E-state index contributed by atoms with van der Waals surface area (Å²) in [5.74, 6) is -1.11. The van der Waals surface area contributed by atoms with Gasteiger partial charge < -0.3 is 14.2 Å². The van der Waals surface area contributed by atoms with E-state index in [0.717, 1.165) is 12.2 Å². The van der Waals surface area contributed by atoms with E-state index in [1.807, 2.05) is 0 Å². The van der Waals surface area contributed by atoms with Crippen molar-refractivity contribution in [2.75, 3.05) is 13.7 Å². The maximum Gasteiger partial charge on any atom is 0.330 e. The molecule has 0 aliphatic rings. The van der Waals surface area contributed by atoms with Crippen molar-refractivity contribution in [2.24, 2.45) is 0 Å². The molecular weight excluding hydrogens is 212 g/mol. The van der Waals surface area contributed by atoms with E-state index in [4.69, 9.17) is 0 Å². The monoisotopic (exact) mass is 228 g/mol. The summed E-state index contributed by atoms with van der Waals surface area (Å²) < 4.78 is 13.1. The molecule has 5 heteroatoms. The van der Waals surface area contributed by atoms with Gasteiger partial charge in [0.05, 0.1) is 26.2 Å². The van der Waals surface area contributed by atoms with Crippen LogP contribution >= 0.6 is 0 Å². The van der Waals surface area contributed by atoms with Crippen LogP contribution in [-0.4, -0.2) is 25.7 Å². The Morgan fingerprint density at radius 1 is 1.12 bits per heavy atom. The van der Waals surface area contributed by atoms with Crippen LogP contribution in [0.1, 0.15) is 6.92 Å². The average molecular weight is 228 g/mol. The zero-order chi connectivity index (χ0) is 12.8. The van der Waals surface area contributed by atoms with Gasteiger partial charge in [0, 0.05) is 12.2 Å². The van der Waals surface area contributed by atoms with Crippen molar-refractivity contribution in [3.05, 3.63) is 37.8 Å². The molecule has 0 unspecified atom stereocenters. The highest BCUT2D eigenvalue weighted by Crippen LogP contribution is 1.82. The lowest BCUT2D eigenvalue weighted by atomic mass is 10.5. The Morgan fingerprint density at radius 2 is 1.62 bits per heavy atom. The lowest BCUT2D eigenvalue weighted by molar-refractivity contribution is -0.139. The smallest absolute Gasteiger partial charge is 0.330 e. The van der Waals surface area contributed by atoms with Gasteiger partial charge in [0.15, 0.2) is 0 Å². The third-order valence-electron chi connectivity index (χ3n) is 1.04. The van der Waals surface area contributed by atoms with Gasteiger partial charge in [-0.25, -0.2) is 9.59 Å². The van der Waals surface area contributed by atoms with Crippen molar-refractivity contribution in [1.82, 2.24) is 0 Å². The summed E-state index contributed by atoms with van der Waals surface area (Å²) in [4.78, 5) is 21.0. The van der Waals surface area contributed by atoms with Crippen LogP contribution in [0.15, 0.2) is 37.8 Å². The summed E-state index contributed by atoms with van der Waals surface area (Å²) in [6, 6.07) is 0. The SMILES string of the molecule is C=COC=C.CCOC(=O)/C=C\C(=O)OC. The Hall–Kier alpha value is -2.04. The van der Waals surface area contributed by atoms with Crippen LogP contribution in [0.5, 0.6) is 0 Å². The molecule has 0 bridgehead atoms. The van der Waals surface area contributed by atoms with E-state index in [1.165, 1.54) is 19.6 Å². The first-order valence-electron chi connectivity index (χ1n) is 4.42. The standard InChI is InChI=1S/C7H10O4.C4H6O/c1-3-11-7(9)5-4-6(8)10-2;1-3-5-4-2/h4-5H,3H2,1-2H3;3-4H,1-2H2/b5-4-;. The fraction of sp³-hybridized carbons (Fsp3) is 0.273. The van der Waals surface area contributed by atoms with E-state index in [1.54, 1.807) is 6.92 Å². The summed E-state index contributed by atoms with van der Waals surface area (Å²) in [7, 11) is 1.23. The highest BCUT2D eigenvalue weighted by atomic mass is 16.5. The third kappa shape index (κ3) is 14.5. The van der Waals surface area contributed by atoms with Crippen molar-refractivity contribution in [2.45, 2.75) is 6.92 Å². The number of carbonyl (C=O) groups excluding carboxylic acids is 2. The van der Waals surface area contributed by atoms with Crippen LogP contribution in [0.25, 0.3) is 0 Å². The molecule has 16 heavy (non-hydrogen) atoms. The first-order chi connectivity index (χ1) is 7.62.